The van der Waals surface area contributed by atoms with Crippen molar-refractivity contribution < 1.29 is 0 Å². The van der Waals surface area contributed by atoms with Crippen molar-refractivity contribution in [1.29, 1.82) is 0 Å². The third-order valence-electron chi connectivity index (χ3n) is 4.35. The molecule has 0 saturated carbocycles. The van der Waals surface area contributed by atoms with Gasteiger partial charge in [0.2, 0.25) is 0 Å². The maximum absolute atomic E-state index is 4.51. The molecule has 0 unspecified atom stereocenters. The predicted octanol–water partition coefficient (Wildman–Crippen LogP) is 5.31. The van der Waals surface area contributed by atoms with E-state index in [9.17, 15) is 0 Å². The van der Waals surface area contributed by atoms with E-state index in [1.807, 2.05) is 18.2 Å². The van der Waals surface area contributed by atoms with Gasteiger partial charge in [-0.1, -0.05) is 54.6 Å². The van der Waals surface area contributed by atoms with Crippen molar-refractivity contribution in [3.05, 3.63) is 76.4 Å². The van der Waals surface area contributed by atoms with Crippen LogP contribution in [0.2, 0.25) is 0 Å². The van der Waals surface area contributed by atoms with Crippen LogP contribution in [0.5, 0.6) is 0 Å². The standard InChI is InChI=1S/C20H12IN3/c21-14-10-11-18-17(12-14)15-8-4-5-9-16(15)20-23-22-19(24(18)20)13-6-2-1-3-7-13/h1-12H. The van der Waals surface area contributed by atoms with Gasteiger partial charge in [0.05, 0.1) is 5.52 Å². The van der Waals surface area contributed by atoms with Gasteiger partial charge in [-0.25, -0.2) is 0 Å². The van der Waals surface area contributed by atoms with Crippen LogP contribution in [-0.2, 0) is 0 Å². The summed E-state index contributed by atoms with van der Waals surface area (Å²) in [6.45, 7) is 0. The van der Waals surface area contributed by atoms with Crippen LogP contribution in [0.3, 0.4) is 0 Å². The lowest BCUT2D eigenvalue weighted by atomic mass is 10.1. The average molecular weight is 421 g/mol. The van der Waals surface area contributed by atoms with Gasteiger partial charge >= 0.3 is 0 Å². The lowest BCUT2D eigenvalue weighted by molar-refractivity contribution is 1.12. The normalized spacial score (nSPS) is 11.5. The summed E-state index contributed by atoms with van der Waals surface area (Å²) in [5.74, 6) is 0.877. The van der Waals surface area contributed by atoms with Crippen LogP contribution in [0.1, 0.15) is 0 Å². The molecule has 2 aromatic heterocycles. The summed E-state index contributed by atoms with van der Waals surface area (Å²) in [6, 6.07) is 25.1. The maximum atomic E-state index is 4.51. The van der Waals surface area contributed by atoms with Crippen LogP contribution >= 0.6 is 22.6 Å². The van der Waals surface area contributed by atoms with Gasteiger partial charge in [-0.15, -0.1) is 10.2 Å². The van der Waals surface area contributed by atoms with Gasteiger partial charge in [0.15, 0.2) is 11.5 Å². The van der Waals surface area contributed by atoms with Crippen molar-refractivity contribution in [2.75, 3.05) is 0 Å². The molecule has 0 N–H and O–H groups in total. The van der Waals surface area contributed by atoms with E-state index < -0.39 is 0 Å². The van der Waals surface area contributed by atoms with Gasteiger partial charge in [0.25, 0.3) is 0 Å². The Balaban J connectivity index is 2.05. The van der Waals surface area contributed by atoms with E-state index >= 15 is 0 Å². The number of nitrogens with zero attached hydrogens (tertiary/aromatic N) is 3. The molecule has 5 rings (SSSR count). The molecule has 0 bridgehead atoms. The second-order valence-corrected chi connectivity index (χ2v) is 7.00. The molecular weight excluding hydrogens is 409 g/mol. The van der Waals surface area contributed by atoms with Crippen molar-refractivity contribution in [2.45, 2.75) is 0 Å². The van der Waals surface area contributed by atoms with Crippen molar-refractivity contribution in [3.8, 4) is 11.4 Å². The number of aromatic nitrogens is 3. The fraction of sp³-hybridized carbons (Fsp3) is 0. The number of hydrogen-bond donors (Lipinski definition) is 0. The van der Waals surface area contributed by atoms with Crippen molar-refractivity contribution in [1.82, 2.24) is 14.6 Å². The molecule has 2 heterocycles. The van der Waals surface area contributed by atoms with E-state index in [1.165, 1.54) is 14.3 Å². The van der Waals surface area contributed by atoms with Gasteiger partial charge in [0, 0.05) is 19.9 Å². The van der Waals surface area contributed by atoms with Crippen molar-refractivity contribution >= 4 is 49.9 Å². The summed E-state index contributed by atoms with van der Waals surface area (Å²) in [4.78, 5) is 0. The van der Waals surface area contributed by atoms with E-state index in [4.69, 9.17) is 0 Å². The molecule has 5 aromatic rings. The molecule has 0 atom stereocenters. The zero-order valence-corrected chi connectivity index (χ0v) is 14.8. The highest BCUT2D eigenvalue weighted by Gasteiger charge is 2.15. The van der Waals surface area contributed by atoms with Crippen LogP contribution < -0.4 is 0 Å². The monoisotopic (exact) mass is 421 g/mol. The Hall–Kier alpha value is -2.47. The van der Waals surface area contributed by atoms with Crippen LogP contribution in [0, 0.1) is 3.57 Å². The quantitative estimate of drug-likeness (QED) is 0.271. The molecule has 0 aliphatic rings. The van der Waals surface area contributed by atoms with E-state index in [0.29, 0.717) is 0 Å². The van der Waals surface area contributed by atoms with Gasteiger partial charge in [-0.2, -0.15) is 0 Å². The van der Waals surface area contributed by atoms with Crippen LogP contribution in [-0.4, -0.2) is 14.6 Å². The van der Waals surface area contributed by atoms with Crippen LogP contribution in [0.25, 0.3) is 38.7 Å². The third-order valence-corrected chi connectivity index (χ3v) is 5.02. The summed E-state index contributed by atoms with van der Waals surface area (Å²) in [5, 5.41) is 12.6. The molecule has 0 amide bonds. The number of fused-ring (bicyclic) bond motifs is 6. The predicted molar refractivity (Wildman–Crippen MR) is 106 cm³/mol. The fourth-order valence-corrected chi connectivity index (χ4v) is 3.78. The maximum Gasteiger partial charge on any atom is 0.169 e. The Kier molecular flexibility index (Phi) is 3.06. The lowest BCUT2D eigenvalue weighted by Crippen LogP contribution is -1.94. The molecule has 0 radical (unpaired) electrons. The highest BCUT2D eigenvalue weighted by molar-refractivity contribution is 14.1. The Bertz CT molecular complexity index is 1210. The SMILES string of the molecule is Ic1ccc2c(c1)c1ccccc1c1nnc(-c3ccccc3)n21. The second kappa shape index (κ2) is 5.27. The largest absolute Gasteiger partial charge is 0.274 e. The number of pyridine rings is 1. The van der Waals surface area contributed by atoms with Gasteiger partial charge < -0.3 is 0 Å². The molecule has 0 aliphatic heterocycles. The molecule has 0 aliphatic carbocycles. The summed E-state index contributed by atoms with van der Waals surface area (Å²) < 4.78 is 3.39. The summed E-state index contributed by atoms with van der Waals surface area (Å²) >= 11 is 2.36. The minimum Gasteiger partial charge on any atom is -0.274 e. The molecule has 3 aromatic carbocycles. The minimum absolute atomic E-state index is 0.877. The summed E-state index contributed by atoms with van der Waals surface area (Å²) in [5.41, 5.74) is 3.10. The first-order chi connectivity index (χ1) is 11.8. The Morgan fingerprint density at radius 3 is 2.29 bits per heavy atom. The molecule has 0 saturated heterocycles. The van der Waals surface area contributed by atoms with Gasteiger partial charge in [-0.05, 0) is 46.2 Å². The minimum atomic E-state index is 0.877. The second-order valence-electron chi connectivity index (χ2n) is 5.76. The highest BCUT2D eigenvalue weighted by Crippen LogP contribution is 2.32. The van der Waals surface area contributed by atoms with E-state index in [1.54, 1.807) is 0 Å². The van der Waals surface area contributed by atoms with Crippen LogP contribution in [0.4, 0.5) is 0 Å². The topological polar surface area (TPSA) is 30.2 Å². The Morgan fingerprint density at radius 1 is 0.708 bits per heavy atom. The number of benzene rings is 3. The molecule has 24 heavy (non-hydrogen) atoms. The Labute approximate surface area is 152 Å². The summed E-state index contributed by atoms with van der Waals surface area (Å²) in [7, 11) is 0. The first-order valence-electron chi connectivity index (χ1n) is 7.73. The van der Waals surface area contributed by atoms with Gasteiger partial charge in [-0.3, -0.25) is 4.40 Å². The van der Waals surface area contributed by atoms with E-state index in [0.717, 1.165) is 27.9 Å². The molecular formula is C20H12IN3. The van der Waals surface area contributed by atoms with Crippen molar-refractivity contribution in [3.63, 3.8) is 0 Å². The highest BCUT2D eigenvalue weighted by atomic mass is 127. The molecule has 4 heteroatoms. The first kappa shape index (κ1) is 13.9. The average Bonchev–Trinajstić information content (AvgIpc) is 3.08. The summed E-state index contributed by atoms with van der Waals surface area (Å²) in [6.07, 6.45) is 0. The Morgan fingerprint density at radius 2 is 1.46 bits per heavy atom. The fourth-order valence-electron chi connectivity index (χ4n) is 3.29. The van der Waals surface area contributed by atoms with Gasteiger partial charge in [0.1, 0.15) is 0 Å². The molecule has 0 fully saturated rings. The molecule has 0 spiro atoms. The van der Waals surface area contributed by atoms with Crippen LogP contribution in [0.15, 0.2) is 72.8 Å². The third kappa shape index (κ3) is 1.96. The van der Waals surface area contributed by atoms with Crippen molar-refractivity contribution in [2.24, 2.45) is 0 Å². The zero-order valence-electron chi connectivity index (χ0n) is 12.6. The smallest absolute Gasteiger partial charge is 0.169 e. The molecule has 3 nitrogen and oxygen atoms in total. The first-order valence-corrected chi connectivity index (χ1v) is 8.81. The zero-order chi connectivity index (χ0) is 16.1. The van der Waals surface area contributed by atoms with E-state index in [-0.39, 0.29) is 0 Å². The lowest BCUT2D eigenvalue weighted by Gasteiger charge is -2.10. The number of halogens is 1. The number of hydrogen-bond acceptors (Lipinski definition) is 2. The molecule has 114 valence electrons. The number of rotatable bonds is 1. The van der Waals surface area contributed by atoms with E-state index in [2.05, 4.69) is 91.8 Å².